The average Bonchev–Trinajstić information content (AvgIpc) is 2.38. The van der Waals surface area contributed by atoms with E-state index in [1.54, 1.807) is 0 Å². The summed E-state index contributed by atoms with van der Waals surface area (Å²) in [6, 6.07) is 0. The topological polar surface area (TPSA) is 116 Å². The number of carbonyl (C=O) groups excluding carboxylic acids is 3. The second-order valence-electron chi connectivity index (χ2n) is 4.25. The average molecular weight is 287 g/mol. The highest BCUT2D eigenvalue weighted by Gasteiger charge is 2.17. The predicted octanol–water partition coefficient (Wildman–Crippen LogP) is -1.05. The van der Waals surface area contributed by atoms with Gasteiger partial charge in [-0.3, -0.25) is 19.2 Å². The van der Waals surface area contributed by atoms with Gasteiger partial charge in [0.2, 0.25) is 17.7 Å². The van der Waals surface area contributed by atoms with E-state index in [0.29, 0.717) is 6.54 Å². The van der Waals surface area contributed by atoms with E-state index in [0.717, 1.165) is 12.8 Å². The van der Waals surface area contributed by atoms with Crippen molar-refractivity contribution in [2.45, 2.75) is 26.7 Å². The van der Waals surface area contributed by atoms with E-state index >= 15 is 0 Å². The highest BCUT2D eigenvalue weighted by atomic mass is 16.4. The number of unbranched alkanes of at least 4 members (excludes halogenated alkanes) is 1. The lowest BCUT2D eigenvalue weighted by atomic mass is 10.3. The Morgan fingerprint density at radius 2 is 1.75 bits per heavy atom. The summed E-state index contributed by atoms with van der Waals surface area (Å²) < 4.78 is 0. The van der Waals surface area contributed by atoms with Crippen molar-refractivity contribution >= 4 is 23.7 Å². The molecular weight excluding hydrogens is 266 g/mol. The number of amides is 3. The Morgan fingerprint density at radius 3 is 2.25 bits per heavy atom. The normalized spacial score (nSPS) is 9.70. The second-order valence-corrected chi connectivity index (χ2v) is 4.25. The maximum atomic E-state index is 11.8. The third-order valence-electron chi connectivity index (χ3n) is 2.39. The summed E-state index contributed by atoms with van der Waals surface area (Å²) in [4.78, 5) is 45.7. The molecule has 0 aliphatic heterocycles. The maximum Gasteiger partial charge on any atom is 0.322 e. The van der Waals surface area contributed by atoms with E-state index < -0.39 is 18.4 Å². The van der Waals surface area contributed by atoms with E-state index in [2.05, 4.69) is 10.6 Å². The third kappa shape index (κ3) is 8.90. The van der Waals surface area contributed by atoms with E-state index in [-0.39, 0.29) is 24.9 Å². The van der Waals surface area contributed by atoms with Gasteiger partial charge in [0.1, 0.15) is 6.54 Å². The molecule has 0 radical (unpaired) electrons. The molecule has 0 aliphatic rings. The zero-order valence-corrected chi connectivity index (χ0v) is 11.8. The fourth-order valence-corrected chi connectivity index (χ4v) is 1.36. The molecule has 0 aromatic rings. The lowest BCUT2D eigenvalue weighted by Crippen LogP contribution is -2.46. The first-order chi connectivity index (χ1) is 9.36. The molecule has 3 N–H and O–H groups in total. The molecule has 20 heavy (non-hydrogen) atoms. The van der Waals surface area contributed by atoms with Crippen LogP contribution in [0.5, 0.6) is 0 Å². The molecular formula is C12H21N3O5. The summed E-state index contributed by atoms with van der Waals surface area (Å²) in [7, 11) is 0. The molecule has 0 saturated carbocycles. The molecule has 8 nitrogen and oxygen atoms in total. The summed E-state index contributed by atoms with van der Waals surface area (Å²) in [6.45, 7) is 2.75. The number of hydrogen-bond acceptors (Lipinski definition) is 4. The van der Waals surface area contributed by atoms with E-state index in [4.69, 9.17) is 5.11 Å². The smallest absolute Gasteiger partial charge is 0.322 e. The molecule has 8 heteroatoms. The summed E-state index contributed by atoms with van der Waals surface area (Å²) in [5.41, 5.74) is 0. The zero-order chi connectivity index (χ0) is 15.5. The minimum Gasteiger partial charge on any atom is -0.480 e. The molecule has 0 spiro atoms. The molecule has 0 aliphatic carbocycles. The number of carboxylic acid groups (broad SMARTS) is 1. The van der Waals surface area contributed by atoms with Gasteiger partial charge in [-0.1, -0.05) is 13.3 Å². The third-order valence-corrected chi connectivity index (χ3v) is 2.39. The Balaban J connectivity index is 4.38. The van der Waals surface area contributed by atoms with Crippen molar-refractivity contribution in [2.75, 3.05) is 26.2 Å². The van der Waals surface area contributed by atoms with Gasteiger partial charge in [0.25, 0.3) is 0 Å². The minimum atomic E-state index is -1.15. The van der Waals surface area contributed by atoms with Crippen molar-refractivity contribution in [3.63, 3.8) is 0 Å². The van der Waals surface area contributed by atoms with Crippen molar-refractivity contribution in [1.29, 1.82) is 0 Å². The molecule has 0 bridgehead atoms. The number of aliphatic carboxylic acids is 1. The number of rotatable bonds is 9. The van der Waals surface area contributed by atoms with Crippen molar-refractivity contribution < 1.29 is 24.3 Å². The van der Waals surface area contributed by atoms with E-state index in [1.165, 1.54) is 11.8 Å². The lowest BCUT2D eigenvalue weighted by Gasteiger charge is -2.22. The van der Waals surface area contributed by atoms with Gasteiger partial charge in [-0.2, -0.15) is 0 Å². The van der Waals surface area contributed by atoms with Crippen LogP contribution in [-0.2, 0) is 19.2 Å². The van der Waals surface area contributed by atoms with Gasteiger partial charge < -0.3 is 20.6 Å². The molecule has 0 atom stereocenters. The Morgan fingerprint density at radius 1 is 1.10 bits per heavy atom. The largest absolute Gasteiger partial charge is 0.480 e. The summed E-state index contributed by atoms with van der Waals surface area (Å²) >= 11 is 0. The Kier molecular flexibility index (Phi) is 8.73. The fraction of sp³-hybridized carbons (Fsp3) is 0.667. The highest BCUT2D eigenvalue weighted by molar-refractivity contribution is 5.88. The first kappa shape index (κ1) is 17.9. The van der Waals surface area contributed by atoms with Crippen LogP contribution >= 0.6 is 0 Å². The monoisotopic (exact) mass is 287 g/mol. The predicted molar refractivity (Wildman–Crippen MR) is 70.8 cm³/mol. The van der Waals surface area contributed by atoms with Crippen LogP contribution in [0, 0.1) is 0 Å². The van der Waals surface area contributed by atoms with Gasteiger partial charge in [0, 0.05) is 13.5 Å². The second kappa shape index (κ2) is 9.76. The van der Waals surface area contributed by atoms with Crippen molar-refractivity contribution in [1.82, 2.24) is 15.5 Å². The van der Waals surface area contributed by atoms with Gasteiger partial charge in [-0.05, 0) is 6.42 Å². The number of nitrogens with zero attached hydrogens (tertiary/aromatic N) is 1. The number of carboxylic acids is 1. The van der Waals surface area contributed by atoms with Crippen LogP contribution in [0.3, 0.4) is 0 Å². The lowest BCUT2D eigenvalue weighted by molar-refractivity contribution is -0.139. The molecule has 0 heterocycles. The van der Waals surface area contributed by atoms with Crippen LogP contribution in [0.2, 0.25) is 0 Å². The quantitative estimate of drug-likeness (QED) is 0.500. The zero-order valence-electron chi connectivity index (χ0n) is 11.8. The van der Waals surface area contributed by atoms with Gasteiger partial charge in [-0.15, -0.1) is 0 Å². The SMILES string of the molecule is CCCCN(CC(=O)NCC(=O)O)C(=O)CNC(C)=O. The minimum absolute atomic E-state index is 0.175. The van der Waals surface area contributed by atoms with Crippen LogP contribution in [-0.4, -0.2) is 59.9 Å². The Hall–Kier alpha value is -2.12. The number of hydrogen-bond donors (Lipinski definition) is 3. The molecule has 0 saturated heterocycles. The van der Waals surface area contributed by atoms with Crippen molar-refractivity contribution in [2.24, 2.45) is 0 Å². The molecule has 0 fully saturated rings. The standard InChI is InChI=1S/C12H21N3O5/c1-3-4-5-15(11(18)6-13-9(2)16)8-10(17)14-7-12(19)20/h3-8H2,1-2H3,(H,13,16)(H,14,17)(H,19,20). The maximum absolute atomic E-state index is 11.8. The van der Waals surface area contributed by atoms with Crippen LogP contribution in [0.4, 0.5) is 0 Å². The molecule has 3 amide bonds. The fourth-order valence-electron chi connectivity index (χ4n) is 1.36. The highest BCUT2D eigenvalue weighted by Crippen LogP contribution is 1.96. The molecule has 0 rings (SSSR count). The van der Waals surface area contributed by atoms with Gasteiger partial charge in [0.05, 0.1) is 13.1 Å². The van der Waals surface area contributed by atoms with Crippen LogP contribution in [0.25, 0.3) is 0 Å². The van der Waals surface area contributed by atoms with E-state index in [9.17, 15) is 19.2 Å². The first-order valence-electron chi connectivity index (χ1n) is 6.37. The first-order valence-corrected chi connectivity index (χ1v) is 6.37. The number of nitrogens with one attached hydrogen (secondary N) is 2. The Labute approximate surface area is 117 Å². The van der Waals surface area contributed by atoms with Gasteiger partial charge in [-0.25, -0.2) is 0 Å². The molecule has 0 unspecified atom stereocenters. The van der Waals surface area contributed by atoms with Gasteiger partial charge in [0.15, 0.2) is 0 Å². The Bertz CT molecular complexity index is 370. The van der Waals surface area contributed by atoms with Crippen LogP contribution in [0.15, 0.2) is 0 Å². The molecule has 114 valence electrons. The van der Waals surface area contributed by atoms with Crippen LogP contribution in [0.1, 0.15) is 26.7 Å². The summed E-state index contributed by atoms with van der Waals surface area (Å²) in [5.74, 6) is -2.40. The van der Waals surface area contributed by atoms with Crippen LogP contribution < -0.4 is 10.6 Å². The van der Waals surface area contributed by atoms with Crippen molar-refractivity contribution in [3.8, 4) is 0 Å². The molecule has 0 aromatic heterocycles. The number of carbonyl (C=O) groups is 4. The van der Waals surface area contributed by atoms with Gasteiger partial charge >= 0.3 is 5.97 Å². The summed E-state index contributed by atoms with van der Waals surface area (Å²) in [6.07, 6.45) is 1.57. The molecule has 0 aromatic carbocycles. The van der Waals surface area contributed by atoms with Crippen molar-refractivity contribution in [3.05, 3.63) is 0 Å². The van der Waals surface area contributed by atoms with E-state index in [1.807, 2.05) is 6.92 Å². The summed E-state index contributed by atoms with van der Waals surface area (Å²) in [5, 5.41) is 13.0.